The van der Waals surface area contributed by atoms with E-state index in [1.165, 1.54) is 12.3 Å². The van der Waals surface area contributed by atoms with Crippen LogP contribution in [-0.4, -0.2) is 47.4 Å². The van der Waals surface area contributed by atoms with Crippen LogP contribution in [-0.2, 0) is 4.79 Å². The Kier molecular flexibility index (Phi) is 5.10. The lowest BCUT2D eigenvalue weighted by Gasteiger charge is -2.25. The standard InChI is InChI=1S/C16H20N4O3/c1-4-19(5-2)16(21)11-18(3)14-6-7-15(20(22)23)13-10-17-9-8-12(13)14/h6-10H,4-5,11H2,1-3H3. The molecule has 0 atom stereocenters. The van der Waals surface area contributed by atoms with Crippen LogP contribution in [0.2, 0.25) is 0 Å². The first-order valence-corrected chi connectivity index (χ1v) is 7.49. The van der Waals surface area contributed by atoms with Crippen LogP contribution >= 0.6 is 0 Å². The number of hydrogen-bond donors (Lipinski definition) is 0. The van der Waals surface area contributed by atoms with Crippen LogP contribution < -0.4 is 4.90 Å². The summed E-state index contributed by atoms with van der Waals surface area (Å²) in [5.74, 6) is 0.0260. The Morgan fingerprint density at radius 1 is 1.22 bits per heavy atom. The number of nitrogens with zero attached hydrogens (tertiary/aromatic N) is 4. The molecule has 0 saturated heterocycles. The maximum atomic E-state index is 12.3. The molecule has 0 aliphatic rings. The third-order valence-corrected chi connectivity index (χ3v) is 3.87. The van der Waals surface area contributed by atoms with Crippen molar-refractivity contribution in [1.82, 2.24) is 9.88 Å². The number of aromatic nitrogens is 1. The van der Waals surface area contributed by atoms with Gasteiger partial charge in [0.25, 0.3) is 5.69 Å². The highest BCUT2D eigenvalue weighted by Gasteiger charge is 2.18. The summed E-state index contributed by atoms with van der Waals surface area (Å²) in [5, 5.41) is 12.3. The molecule has 1 aromatic carbocycles. The predicted octanol–water partition coefficient (Wildman–Crippen LogP) is 2.45. The van der Waals surface area contributed by atoms with Gasteiger partial charge in [-0.15, -0.1) is 0 Å². The highest BCUT2D eigenvalue weighted by Crippen LogP contribution is 2.32. The zero-order chi connectivity index (χ0) is 17.0. The number of nitro benzene ring substituents is 1. The lowest BCUT2D eigenvalue weighted by Crippen LogP contribution is -2.38. The number of carbonyl (C=O) groups is 1. The van der Waals surface area contributed by atoms with E-state index in [4.69, 9.17) is 0 Å². The Hall–Kier alpha value is -2.70. The highest BCUT2D eigenvalue weighted by molar-refractivity contribution is 6.00. The Morgan fingerprint density at radius 2 is 1.91 bits per heavy atom. The lowest BCUT2D eigenvalue weighted by atomic mass is 10.1. The number of pyridine rings is 1. The Bertz CT molecular complexity index is 728. The smallest absolute Gasteiger partial charge is 0.278 e. The molecule has 2 rings (SSSR count). The zero-order valence-corrected chi connectivity index (χ0v) is 13.5. The van der Waals surface area contributed by atoms with Gasteiger partial charge in [-0.3, -0.25) is 19.9 Å². The van der Waals surface area contributed by atoms with Gasteiger partial charge in [-0.1, -0.05) is 0 Å². The van der Waals surface area contributed by atoms with Crippen molar-refractivity contribution in [3.63, 3.8) is 0 Å². The second kappa shape index (κ2) is 7.04. The number of rotatable bonds is 6. The van der Waals surface area contributed by atoms with E-state index in [1.54, 1.807) is 23.2 Å². The molecule has 122 valence electrons. The molecule has 1 heterocycles. The van der Waals surface area contributed by atoms with Crippen LogP contribution in [0.3, 0.4) is 0 Å². The Morgan fingerprint density at radius 3 is 2.52 bits per heavy atom. The monoisotopic (exact) mass is 316 g/mol. The first-order chi connectivity index (χ1) is 11.0. The quantitative estimate of drug-likeness (QED) is 0.604. The normalized spacial score (nSPS) is 10.6. The minimum atomic E-state index is -0.422. The first kappa shape index (κ1) is 16.7. The fourth-order valence-corrected chi connectivity index (χ4v) is 2.62. The summed E-state index contributed by atoms with van der Waals surface area (Å²) < 4.78 is 0. The first-order valence-electron chi connectivity index (χ1n) is 7.49. The molecule has 1 amide bonds. The average molecular weight is 316 g/mol. The van der Waals surface area contributed by atoms with Crippen molar-refractivity contribution in [3.8, 4) is 0 Å². The molecule has 23 heavy (non-hydrogen) atoms. The van der Waals surface area contributed by atoms with Gasteiger partial charge in [-0.2, -0.15) is 0 Å². The molecule has 7 heteroatoms. The van der Waals surface area contributed by atoms with E-state index in [1.807, 2.05) is 25.8 Å². The van der Waals surface area contributed by atoms with E-state index in [-0.39, 0.29) is 18.1 Å². The van der Waals surface area contributed by atoms with Gasteiger partial charge in [0.15, 0.2) is 0 Å². The number of benzene rings is 1. The number of carbonyl (C=O) groups excluding carboxylic acids is 1. The molecule has 0 aliphatic heterocycles. The molecule has 0 radical (unpaired) electrons. The van der Waals surface area contributed by atoms with Gasteiger partial charge in [0.2, 0.25) is 5.91 Å². The molecule has 0 aliphatic carbocycles. The Labute approximate surface area is 134 Å². The maximum absolute atomic E-state index is 12.3. The molecule has 0 fully saturated rings. The number of nitro groups is 1. The number of hydrogen-bond acceptors (Lipinski definition) is 5. The molecule has 1 aromatic heterocycles. The van der Waals surface area contributed by atoms with Crippen LogP contribution in [0.5, 0.6) is 0 Å². The Balaban J connectivity index is 2.38. The van der Waals surface area contributed by atoms with Gasteiger partial charge in [-0.05, 0) is 26.0 Å². The highest BCUT2D eigenvalue weighted by atomic mass is 16.6. The molecular formula is C16H20N4O3. The number of non-ortho nitro benzene ring substituents is 1. The van der Waals surface area contributed by atoms with Gasteiger partial charge < -0.3 is 9.80 Å². The van der Waals surface area contributed by atoms with Crippen molar-refractivity contribution < 1.29 is 9.72 Å². The summed E-state index contributed by atoms with van der Waals surface area (Å²) in [6.45, 7) is 5.42. The third-order valence-electron chi connectivity index (χ3n) is 3.87. The van der Waals surface area contributed by atoms with Gasteiger partial charge in [0.05, 0.1) is 16.9 Å². The SMILES string of the molecule is CCN(CC)C(=O)CN(C)c1ccc([N+](=O)[O-])c2cnccc12. The van der Waals surface area contributed by atoms with E-state index in [0.717, 1.165) is 5.69 Å². The summed E-state index contributed by atoms with van der Waals surface area (Å²) in [6, 6.07) is 4.86. The fourth-order valence-electron chi connectivity index (χ4n) is 2.62. The van der Waals surface area contributed by atoms with Crippen LogP contribution in [0.15, 0.2) is 30.6 Å². The van der Waals surface area contributed by atoms with Crippen molar-refractivity contribution in [1.29, 1.82) is 0 Å². The third kappa shape index (κ3) is 3.39. The minimum Gasteiger partial charge on any atom is -0.365 e. The van der Waals surface area contributed by atoms with Crippen molar-refractivity contribution in [2.24, 2.45) is 0 Å². The van der Waals surface area contributed by atoms with Gasteiger partial charge in [-0.25, -0.2) is 0 Å². The summed E-state index contributed by atoms with van der Waals surface area (Å²) >= 11 is 0. The van der Waals surface area contributed by atoms with E-state index >= 15 is 0 Å². The number of likely N-dealkylation sites (N-methyl/N-ethyl adjacent to an activating group) is 2. The van der Waals surface area contributed by atoms with E-state index < -0.39 is 4.92 Å². The predicted molar refractivity (Wildman–Crippen MR) is 89.6 cm³/mol. The lowest BCUT2D eigenvalue weighted by molar-refractivity contribution is -0.383. The molecule has 0 N–H and O–H groups in total. The largest absolute Gasteiger partial charge is 0.365 e. The van der Waals surface area contributed by atoms with E-state index in [9.17, 15) is 14.9 Å². The molecule has 0 spiro atoms. The van der Waals surface area contributed by atoms with E-state index in [0.29, 0.717) is 23.9 Å². The second-order valence-electron chi connectivity index (χ2n) is 5.20. The number of fused-ring (bicyclic) bond motifs is 1. The fraction of sp³-hybridized carbons (Fsp3) is 0.375. The molecule has 0 saturated carbocycles. The molecular weight excluding hydrogens is 296 g/mol. The van der Waals surface area contributed by atoms with Crippen LogP contribution in [0.1, 0.15) is 13.8 Å². The van der Waals surface area contributed by atoms with Gasteiger partial charge in [0, 0.05) is 49.7 Å². The summed E-state index contributed by atoms with van der Waals surface area (Å²) in [6.07, 6.45) is 3.08. The topological polar surface area (TPSA) is 79.6 Å². The van der Waals surface area contributed by atoms with Crippen LogP contribution in [0, 0.1) is 10.1 Å². The molecule has 2 aromatic rings. The van der Waals surface area contributed by atoms with Crippen molar-refractivity contribution >= 4 is 28.1 Å². The molecule has 7 nitrogen and oxygen atoms in total. The summed E-state index contributed by atoms with van der Waals surface area (Å²) in [4.78, 5) is 30.5. The maximum Gasteiger partial charge on any atom is 0.278 e. The van der Waals surface area contributed by atoms with Gasteiger partial charge in [0.1, 0.15) is 0 Å². The minimum absolute atomic E-state index is 0.0142. The summed E-state index contributed by atoms with van der Waals surface area (Å²) in [7, 11) is 1.81. The van der Waals surface area contributed by atoms with Crippen molar-refractivity contribution in [2.45, 2.75) is 13.8 Å². The number of anilines is 1. The van der Waals surface area contributed by atoms with Crippen LogP contribution in [0.25, 0.3) is 10.8 Å². The van der Waals surface area contributed by atoms with Crippen LogP contribution in [0.4, 0.5) is 11.4 Å². The average Bonchev–Trinajstić information content (AvgIpc) is 2.54. The molecule has 0 unspecified atom stereocenters. The zero-order valence-electron chi connectivity index (χ0n) is 13.5. The number of amides is 1. The van der Waals surface area contributed by atoms with E-state index in [2.05, 4.69) is 4.98 Å². The molecule has 0 bridgehead atoms. The summed E-state index contributed by atoms with van der Waals surface area (Å²) in [5.41, 5.74) is 0.786. The van der Waals surface area contributed by atoms with Crippen molar-refractivity contribution in [3.05, 3.63) is 40.7 Å². The van der Waals surface area contributed by atoms with Crippen molar-refractivity contribution in [2.75, 3.05) is 31.6 Å². The van der Waals surface area contributed by atoms with Gasteiger partial charge >= 0.3 is 0 Å². The second-order valence-corrected chi connectivity index (χ2v) is 5.20.